The first kappa shape index (κ1) is 13.2. The quantitative estimate of drug-likeness (QED) is 0.880. The van der Waals surface area contributed by atoms with Gasteiger partial charge in [-0.1, -0.05) is 36.4 Å². The molecule has 0 aromatic heterocycles. The van der Waals surface area contributed by atoms with Gasteiger partial charge in [-0.25, -0.2) is 4.39 Å². The highest BCUT2D eigenvalue weighted by atomic mass is 79.9. The van der Waals surface area contributed by atoms with Crippen LogP contribution in [-0.2, 0) is 6.54 Å². The molecule has 0 saturated heterocycles. The number of nitrogens with one attached hydrogen (secondary N) is 1. The van der Waals surface area contributed by atoms with E-state index in [-0.39, 0.29) is 11.9 Å². The van der Waals surface area contributed by atoms with E-state index in [0.717, 1.165) is 12.1 Å². The lowest BCUT2D eigenvalue weighted by atomic mass is 10.1. The van der Waals surface area contributed by atoms with E-state index in [1.54, 1.807) is 12.1 Å². The zero-order chi connectivity index (χ0) is 13.0. The maximum absolute atomic E-state index is 13.1. The number of halogens is 2. The molecule has 3 heteroatoms. The number of hydrogen-bond donors (Lipinski definition) is 1. The van der Waals surface area contributed by atoms with Crippen LogP contribution in [0.3, 0.4) is 0 Å². The summed E-state index contributed by atoms with van der Waals surface area (Å²) in [5.41, 5.74) is 2.31. The van der Waals surface area contributed by atoms with Gasteiger partial charge in [-0.3, -0.25) is 0 Å². The summed E-state index contributed by atoms with van der Waals surface area (Å²) in [6, 6.07) is 15.6. The van der Waals surface area contributed by atoms with Crippen molar-refractivity contribution < 1.29 is 4.39 Å². The van der Waals surface area contributed by atoms with Crippen molar-refractivity contribution in [1.29, 1.82) is 0 Å². The molecule has 0 aliphatic rings. The van der Waals surface area contributed by atoms with Crippen LogP contribution in [0.15, 0.2) is 53.0 Å². The molecule has 0 unspecified atom stereocenters. The van der Waals surface area contributed by atoms with Crippen molar-refractivity contribution in [1.82, 2.24) is 5.32 Å². The molecule has 0 aliphatic carbocycles. The molecule has 1 N–H and O–H groups in total. The van der Waals surface area contributed by atoms with E-state index in [1.165, 1.54) is 11.6 Å². The molecule has 1 atom stereocenters. The Hall–Kier alpha value is -1.19. The minimum absolute atomic E-state index is 0.227. The summed E-state index contributed by atoms with van der Waals surface area (Å²) in [5.74, 6) is -0.227. The summed E-state index contributed by atoms with van der Waals surface area (Å²) in [6.45, 7) is 2.84. The zero-order valence-electron chi connectivity index (χ0n) is 10.2. The highest BCUT2D eigenvalue weighted by Crippen LogP contribution is 2.18. The van der Waals surface area contributed by atoms with Crippen molar-refractivity contribution in [3.8, 4) is 0 Å². The summed E-state index contributed by atoms with van der Waals surface area (Å²) >= 11 is 3.20. The van der Waals surface area contributed by atoms with Crippen LogP contribution in [0.2, 0.25) is 0 Å². The lowest BCUT2D eigenvalue weighted by Crippen LogP contribution is -2.18. The Bertz CT molecular complexity index is 513. The maximum Gasteiger partial charge on any atom is 0.137 e. The number of hydrogen-bond acceptors (Lipinski definition) is 1. The first-order chi connectivity index (χ1) is 8.66. The lowest BCUT2D eigenvalue weighted by Gasteiger charge is -2.14. The van der Waals surface area contributed by atoms with E-state index in [9.17, 15) is 4.39 Å². The van der Waals surface area contributed by atoms with Crippen LogP contribution < -0.4 is 5.32 Å². The summed E-state index contributed by atoms with van der Waals surface area (Å²) in [4.78, 5) is 0. The summed E-state index contributed by atoms with van der Waals surface area (Å²) in [7, 11) is 0. The normalized spacial score (nSPS) is 12.4. The second-order valence-electron chi connectivity index (χ2n) is 4.26. The summed E-state index contributed by atoms with van der Waals surface area (Å²) in [6.07, 6.45) is 0. The maximum atomic E-state index is 13.1. The molecule has 0 heterocycles. The van der Waals surface area contributed by atoms with Gasteiger partial charge in [-0.15, -0.1) is 0 Å². The van der Waals surface area contributed by atoms with Crippen LogP contribution in [-0.4, -0.2) is 0 Å². The Morgan fingerprint density at radius 2 is 1.89 bits per heavy atom. The Morgan fingerprint density at radius 3 is 2.56 bits per heavy atom. The fourth-order valence-corrected chi connectivity index (χ4v) is 2.21. The van der Waals surface area contributed by atoms with Gasteiger partial charge in [0, 0.05) is 12.6 Å². The SMILES string of the molecule is C[C@H](NCc1ccc(F)c(Br)c1)c1ccccc1. The van der Waals surface area contributed by atoms with E-state index in [1.807, 2.05) is 18.2 Å². The summed E-state index contributed by atoms with van der Waals surface area (Å²) in [5, 5.41) is 3.42. The fraction of sp³-hybridized carbons (Fsp3) is 0.200. The summed E-state index contributed by atoms with van der Waals surface area (Å²) < 4.78 is 13.6. The first-order valence-corrected chi connectivity index (χ1v) is 6.68. The molecule has 0 aliphatic heterocycles. The lowest BCUT2D eigenvalue weighted by molar-refractivity contribution is 0.572. The van der Waals surface area contributed by atoms with E-state index >= 15 is 0 Å². The molecular weight excluding hydrogens is 293 g/mol. The molecular formula is C15H15BrFN. The Labute approximate surface area is 115 Å². The van der Waals surface area contributed by atoms with Crippen molar-refractivity contribution >= 4 is 15.9 Å². The van der Waals surface area contributed by atoms with Crippen molar-refractivity contribution in [2.45, 2.75) is 19.5 Å². The van der Waals surface area contributed by atoms with Crippen molar-refractivity contribution in [3.05, 3.63) is 69.9 Å². The molecule has 0 saturated carbocycles. The van der Waals surface area contributed by atoms with Crippen LogP contribution in [0.5, 0.6) is 0 Å². The molecule has 0 spiro atoms. The molecule has 2 aromatic carbocycles. The van der Waals surface area contributed by atoms with Crippen LogP contribution in [0.1, 0.15) is 24.1 Å². The Kier molecular flexibility index (Phi) is 4.50. The van der Waals surface area contributed by atoms with Crippen LogP contribution in [0.4, 0.5) is 4.39 Å². The number of benzene rings is 2. The fourth-order valence-electron chi connectivity index (χ4n) is 1.78. The molecule has 0 fully saturated rings. The first-order valence-electron chi connectivity index (χ1n) is 5.89. The predicted molar refractivity (Wildman–Crippen MR) is 75.8 cm³/mol. The van der Waals surface area contributed by atoms with Crippen LogP contribution in [0.25, 0.3) is 0 Å². The minimum Gasteiger partial charge on any atom is -0.306 e. The van der Waals surface area contributed by atoms with Gasteiger partial charge in [0.1, 0.15) is 5.82 Å². The largest absolute Gasteiger partial charge is 0.306 e. The highest BCUT2D eigenvalue weighted by Gasteiger charge is 2.05. The van der Waals surface area contributed by atoms with Crippen molar-refractivity contribution in [3.63, 3.8) is 0 Å². The Balaban J connectivity index is 1.97. The van der Waals surface area contributed by atoms with Gasteiger partial charge in [-0.2, -0.15) is 0 Å². The van der Waals surface area contributed by atoms with Gasteiger partial charge >= 0.3 is 0 Å². The van der Waals surface area contributed by atoms with Gasteiger partial charge in [0.25, 0.3) is 0 Å². The molecule has 94 valence electrons. The molecule has 18 heavy (non-hydrogen) atoms. The third-order valence-corrected chi connectivity index (χ3v) is 3.50. The molecule has 2 rings (SSSR count). The predicted octanol–water partition coefficient (Wildman–Crippen LogP) is 4.44. The molecule has 0 bridgehead atoms. The minimum atomic E-state index is -0.227. The molecule has 2 aromatic rings. The van der Waals surface area contributed by atoms with Gasteiger partial charge in [-0.05, 0) is 46.1 Å². The van der Waals surface area contributed by atoms with Crippen molar-refractivity contribution in [2.24, 2.45) is 0 Å². The number of rotatable bonds is 4. The van der Waals surface area contributed by atoms with Gasteiger partial charge in [0.15, 0.2) is 0 Å². The standard InChI is InChI=1S/C15H15BrFN/c1-11(13-5-3-2-4-6-13)18-10-12-7-8-15(17)14(16)9-12/h2-9,11,18H,10H2,1H3/t11-/m0/s1. The second kappa shape index (κ2) is 6.12. The van der Waals surface area contributed by atoms with Crippen LogP contribution in [0, 0.1) is 5.82 Å². The average Bonchev–Trinajstić information content (AvgIpc) is 2.41. The van der Waals surface area contributed by atoms with E-state index in [2.05, 4.69) is 40.3 Å². The van der Waals surface area contributed by atoms with Crippen molar-refractivity contribution in [2.75, 3.05) is 0 Å². The van der Waals surface area contributed by atoms with Gasteiger partial charge in [0.2, 0.25) is 0 Å². The zero-order valence-corrected chi connectivity index (χ0v) is 11.7. The topological polar surface area (TPSA) is 12.0 Å². The van der Waals surface area contributed by atoms with E-state index in [0.29, 0.717) is 4.47 Å². The molecule has 0 radical (unpaired) electrons. The molecule has 1 nitrogen and oxygen atoms in total. The average molecular weight is 308 g/mol. The van der Waals surface area contributed by atoms with Gasteiger partial charge < -0.3 is 5.32 Å². The van der Waals surface area contributed by atoms with E-state index < -0.39 is 0 Å². The van der Waals surface area contributed by atoms with Crippen LogP contribution >= 0.6 is 15.9 Å². The van der Waals surface area contributed by atoms with Gasteiger partial charge in [0.05, 0.1) is 4.47 Å². The Morgan fingerprint density at radius 1 is 1.17 bits per heavy atom. The highest BCUT2D eigenvalue weighted by molar-refractivity contribution is 9.10. The third-order valence-electron chi connectivity index (χ3n) is 2.90. The second-order valence-corrected chi connectivity index (χ2v) is 5.12. The smallest absolute Gasteiger partial charge is 0.137 e. The molecule has 0 amide bonds. The third kappa shape index (κ3) is 3.40. The van der Waals surface area contributed by atoms with E-state index in [4.69, 9.17) is 0 Å². The monoisotopic (exact) mass is 307 g/mol.